The average Bonchev–Trinajstić information content (AvgIpc) is 2.42. The topological polar surface area (TPSA) is 29.1 Å². The van der Waals surface area contributed by atoms with Crippen LogP contribution in [-0.4, -0.2) is 5.91 Å². The molecule has 0 aromatic heterocycles. The van der Waals surface area contributed by atoms with Crippen molar-refractivity contribution in [3.8, 4) is 0 Å². The second-order valence-electron chi connectivity index (χ2n) is 4.61. The first-order chi connectivity index (χ1) is 10.2. The molecule has 0 spiro atoms. The lowest BCUT2D eigenvalue weighted by atomic mass is 10.1. The number of carbonyl (C=O) groups excluding carboxylic acids is 1. The summed E-state index contributed by atoms with van der Waals surface area (Å²) in [5.41, 5.74) is -0.720. The molecule has 1 N–H and O–H groups in total. The number of hydrogen-bond acceptors (Lipinski definition) is 1. The fourth-order valence-corrected chi connectivity index (χ4v) is 1.98. The van der Waals surface area contributed by atoms with Crippen LogP contribution in [0.15, 0.2) is 36.4 Å². The van der Waals surface area contributed by atoms with Crippen molar-refractivity contribution in [1.82, 2.24) is 0 Å². The minimum atomic E-state index is -4.87. The van der Waals surface area contributed by atoms with E-state index in [1.54, 1.807) is 19.1 Å². The number of rotatable bonds is 2. The summed E-state index contributed by atoms with van der Waals surface area (Å²) in [6.07, 6.45) is -4.87. The molecule has 2 aromatic carbocycles. The summed E-state index contributed by atoms with van der Waals surface area (Å²) in [6, 6.07) is 6.83. The highest BCUT2D eigenvalue weighted by Crippen LogP contribution is 2.32. The van der Waals surface area contributed by atoms with Gasteiger partial charge in [0.05, 0.1) is 5.56 Å². The molecule has 2 rings (SSSR count). The predicted molar refractivity (Wildman–Crippen MR) is 75.5 cm³/mol. The highest BCUT2D eigenvalue weighted by molar-refractivity contribution is 6.31. The van der Waals surface area contributed by atoms with Crippen LogP contribution in [0.25, 0.3) is 0 Å². The summed E-state index contributed by atoms with van der Waals surface area (Å²) in [6.45, 7) is 1.71. The fraction of sp³-hybridized carbons (Fsp3) is 0.133. The number of anilines is 1. The Bertz CT molecular complexity index is 728. The second-order valence-corrected chi connectivity index (χ2v) is 5.04. The largest absolute Gasteiger partial charge is 0.419 e. The SMILES string of the molecule is Cc1ccc(Cl)cc1NC(=O)c1ccc(F)c(C(F)(F)F)c1. The predicted octanol–water partition coefficient (Wildman–Crippen LogP) is 5.06. The van der Waals surface area contributed by atoms with E-state index >= 15 is 0 Å². The van der Waals surface area contributed by atoms with E-state index in [0.717, 1.165) is 6.07 Å². The number of alkyl halides is 3. The summed E-state index contributed by atoms with van der Waals surface area (Å²) in [5, 5.41) is 2.82. The lowest BCUT2D eigenvalue weighted by molar-refractivity contribution is -0.140. The quantitative estimate of drug-likeness (QED) is 0.766. The minimum Gasteiger partial charge on any atom is -0.322 e. The summed E-state index contributed by atoms with van der Waals surface area (Å²) in [7, 11) is 0. The van der Waals surface area contributed by atoms with E-state index in [-0.39, 0.29) is 5.56 Å². The molecule has 7 heteroatoms. The van der Waals surface area contributed by atoms with Gasteiger partial charge in [0.15, 0.2) is 0 Å². The Labute approximate surface area is 128 Å². The minimum absolute atomic E-state index is 0.298. The molecule has 0 aliphatic carbocycles. The first kappa shape index (κ1) is 16.3. The highest BCUT2D eigenvalue weighted by Gasteiger charge is 2.34. The molecule has 2 nitrogen and oxygen atoms in total. The molecule has 2 aromatic rings. The van der Waals surface area contributed by atoms with Gasteiger partial charge in [0.1, 0.15) is 5.82 Å². The van der Waals surface area contributed by atoms with E-state index in [1.165, 1.54) is 6.07 Å². The third-order valence-corrected chi connectivity index (χ3v) is 3.22. The van der Waals surface area contributed by atoms with Gasteiger partial charge >= 0.3 is 6.18 Å². The van der Waals surface area contributed by atoms with Crippen LogP contribution in [-0.2, 0) is 6.18 Å². The maximum absolute atomic E-state index is 13.2. The van der Waals surface area contributed by atoms with Crippen molar-refractivity contribution in [2.45, 2.75) is 13.1 Å². The van der Waals surface area contributed by atoms with E-state index in [4.69, 9.17) is 11.6 Å². The second kappa shape index (κ2) is 5.96. The van der Waals surface area contributed by atoms with Gasteiger partial charge in [-0.15, -0.1) is 0 Å². The van der Waals surface area contributed by atoms with Crippen LogP contribution < -0.4 is 5.32 Å². The number of nitrogens with one attached hydrogen (secondary N) is 1. The molecule has 0 saturated heterocycles. The van der Waals surface area contributed by atoms with Gasteiger partial charge in [-0.25, -0.2) is 4.39 Å². The van der Waals surface area contributed by atoms with Crippen molar-refractivity contribution in [1.29, 1.82) is 0 Å². The van der Waals surface area contributed by atoms with Crippen molar-refractivity contribution in [2.75, 3.05) is 5.32 Å². The van der Waals surface area contributed by atoms with Crippen LogP contribution in [0.4, 0.5) is 23.2 Å². The Hall–Kier alpha value is -2.08. The first-order valence-corrected chi connectivity index (χ1v) is 6.50. The Morgan fingerprint density at radius 3 is 2.45 bits per heavy atom. The third-order valence-electron chi connectivity index (χ3n) is 2.98. The van der Waals surface area contributed by atoms with Crippen molar-refractivity contribution in [3.05, 3.63) is 63.9 Å². The zero-order chi connectivity index (χ0) is 16.5. The summed E-state index contributed by atoms with van der Waals surface area (Å²) >= 11 is 5.80. The molecule has 22 heavy (non-hydrogen) atoms. The lowest BCUT2D eigenvalue weighted by Gasteiger charge is -2.12. The molecule has 1 amide bonds. The van der Waals surface area contributed by atoms with Gasteiger partial charge in [-0.2, -0.15) is 13.2 Å². The van der Waals surface area contributed by atoms with E-state index in [9.17, 15) is 22.4 Å². The fourth-order valence-electron chi connectivity index (χ4n) is 1.81. The van der Waals surface area contributed by atoms with Crippen LogP contribution in [0, 0.1) is 12.7 Å². The number of aryl methyl sites for hydroxylation is 1. The lowest BCUT2D eigenvalue weighted by Crippen LogP contribution is -2.15. The van der Waals surface area contributed by atoms with E-state index in [2.05, 4.69) is 5.32 Å². The Morgan fingerprint density at radius 1 is 1.14 bits per heavy atom. The summed E-state index contributed by atoms with van der Waals surface area (Å²) in [4.78, 5) is 12.0. The van der Waals surface area contributed by atoms with Crippen molar-refractivity contribution >= 4 is 23.2 Å². The smallest absolute Gasteiger partial charge is 0.322 e. The Balaban J connectivity index is 2.32. The normalized spacial score (nSPS) is 11.4. The Kier molecular flexibility index (Phi) is 4.42. The maximum atomic E-state index is 13.2. The van der Waals surface area contributed by atoms with Crippen LogP contribution >= 0.6 is 11.6 Å². The standard InChI is InChI=1S/C15H10ClF4NO/c1-8-2-4-10(16)7-13(8)21-14(22)9-3-5-12(17)11(6-9)15(18,19)20/h2-7H,1H3,(H,21,22). The zero-order valence-electron chi connectivity index (χ0n) is 11.3. The zero-order valence-corrected chi connectivity index (χ0v) is 12.0. The number of halogens is 5. The van der Waals surface area contributed by atoms with Crippen molar-refractivity contribution in [2.24, 2.45) is 0 Å². The first-order valence-electron chi connectivity index (χ1n) is 6.13. The summed E-state index contributed by atoms with van der Waals surface area (Å²) in [5.74, 6) is -2.21. The molecule has 0 unspecified atom stereocenters. The van der Waals surface area contributed by atoms with Gasteiger partial charge in [0, 0.05) is 16.3 Å². The number of hydrogen-bond donors (Lipinski definition) is 1. The number of amides is 1. The van der Waals surface area contributed by atoms with Crippen molar-refractivity contribution in [3.63, 3.8) is 0 Å². The van der Waals surface area contributed by atoms with Crippen LogP contribution in [0.2, 0.25) is 5.02 Å². The van der Waals surface area contributed by atoms with Gasteiger partial charge in [0.25, 0.3) is 5.91 Å². The number of benzene rings is 2. The van der Waals surface area contributed by atoms with Gasteiger partial charge in [-0.1, -0.05) is 17.7 Å². The van der Waals surface area contributed by atoms with Gasteiger partial charge < -0.3 is 5.32 Å². The van der Waals surface area contributed by atoms with Crippen LogP contribution in [0.1, 0.15) is 21.5 Å². The molecular weight excluding hydrogens is 322 g/mol. The summed E-state index contributed by atoms with van der Waals surface area (Å²) < 4.78 is 51.1. The average molecular weight is 332 g/mol. The third kappa shape index (κ3) is 3.57. The Morgan fingerprint density at radius 2 is 1.82 bits per heavy atom. The van der Waals surface area contributed by atoms with Gasteiger partial charge in [0.2, 0.25) is 0 Å². The van der Waals surface area contributed by atoms with E-state index in [1.807, 2.05) is 0 Å². The molecule has 0 fully saturated rings. The van der Waals surface area contributed by atoms with E-state index < -0.39 is 23.5 Å². The highest BCUT2D eigenvalue weighted by atomic mass is 35.5. The molecule has 0 aliphatic rings. The van der Waals surface area contributed by atoms with Crippen molar-refractivity contribution < 1.29 is 22.4 Å². The van der Waals surface area contributed by atoms with Crippen LogP contribution in [0.3, 0.4) is 0 Å². The van der Waals surface area contributed by atoms with Crippen LogP contribution in [0.5, 0.6) is 0 Å². The molecule has 116 valence electrons. The molecule has 0 bridgehead atoms. The van der Waals surface area contributed by atoms with E-state index in [0.29, 0.717) is 28.4 Å². The molecule has 0 atom stereocenters. The van der Waals surface area contributed by atoms with Gasteiger partial charge in [-0.05, 0) is 42.8 Å². The monoisotopic (exact) mass is 331 g/mol. The van der Waals surface area contributed by atoms with Gasteiger partial charge in [-0.3, -0.25) is 4.79 Å². The molecule has 0 heterocycles. The molecule has 0 saturated carbocycles. The molecular formula is C15H10ClF4NO. The molecule has 0 aliphatic heterocycles. The molecule has 0 radical (unpaired) electrons. The number of carbonyl (C=O) groups is 1. The maximum Gasteiger partial charge on any atom is 0.419 e.